The maximum absolute atomic E-state index is 12.1. The number of para-hydroxylation sites is 2. The fraction of sp³-hybridized carbons (Fsp3) is 0.333. The summed E-state index contributed by atoms with van der Waals surface area (Å²) in [6.45, 7) is 3.76. The molecule has 0 saturated carbocycles. The minimum absolute atomic E-state index is 0.116. The van der Waals surface area contributed by atoms with E-state index in [2.05, 4.69) is 15.6 Å². The van der Waals surface area contributed by atoms with Crippen LogP contribution in [0.5, 0.6) is 5.75 Å². The molecule has 21 heavy (non-hydrogen) atoms. The van der Waals surface area contributed by atoms with Crippen LogP contribution in [0.2, 0.25) is 0 Å². The highest BCUT2D eigenvalue weighted by atomic mass is 16.5. The van der Waals surface area contributed by atoms with Crippen molar-refractivity contribution in [3.8, 4) is 5.75 Å². The molecule has 0 saturated heterocycles. The van der Waals surface area contributed by atoms with Crippen molar-refractivity contribution in [3.63, 3.8) is 0 Å². The second-order valence-corrected chi connectivity index (χ2v) is 4.50. The zero-order chi connectivity index (χ0) is 15.1. The molecule has 112 valence electrons. The second-order valence-electron chi connectivity index (χ2n) is 4.50. The van der Waals surface area contributed by atoms with Crippen LogP contribution in [0.4, 0.5) is 5.69 Å². The average Bonchev–Trinajstić information content (AvgIpc) is 2.92. The summed E-state index contributed by atoms with van der Waals surface area (Å²) in [5.41, 5.74) is 0.665. The number of aromatic nitrogens is 2. The van der Waals surface area contributed by atoms with Gasteiger partial charge < -0.3 is 19.9 Å². The van der Waals surface area contributed by atoms with E-state index < -0.39 is 0 Å². The summed E-state index contributed by atoms with van der Waals surface area (Å²) in [6, 6.07) is 7.33. The number of hydrogen-bond donors (Lipinski definition) is 2. The maximum atomic E-state index is 12.1. The van der Waals surface area contributed by atoms with Crippen molar-refractivity contribution in [2.24, 2.45) is 0 Å². The summed E-state index contributed by atoms with van der Waals surface area (Å²) in [5, 5.41) is 6.05. The number of nitrogens with zero attached hydrogens (tertiary/aromatic N) is 2. The van der Waals surface area contributed by atoms with E-state index in [1.165, 1.54) is 0 Å². The van der Waals surface area contributed by atoms with Gasteiger partial charge >= 0.3 is 0 Å². The predicted molar refractivity (Wildman–Crippen MR) is 81.2 cm³/mol. The van der Waals surface area contributed by atoms with Gasteiger partial charge in [-0.1, -0.05) is 19.1 Å². The summed E-state index contributed by atoms with van der Waals surface area (Å²) in [5.74, 6) is 1.37. The lowest BCUT2D eigenvalue weighted by Crippen LogP contribution is -2.22. The first-order chi connectivity index (χ1) is 10.2. The number of benzene rings is 1. The number of hydrogen-bond acceptors (Lipinski definition) is 4. The molecule has 0 aliphatic rings. The van der Waals surface area contributed by atoms with Gasteiger partial charge in [0.25, 0.3) is 0 Å². The number of carbonyl (C=O) groups is 1. The summed E-state index contributed by atoms with van der Waals surface area (Å²) < 4.78 is 7.04. The first kappa shape index (κ1) is 15.1. The third-order valence-corrected chi connectivity index (χ3v) is 3.03. The highest BCUT2D eigenvalue weighted by Gasteiger charge is 2.10. The topological polar surface area (TPSA) is 68.2 Å². The number of amides is 1. The molecule has 1 aromatic heterocycles. The molecule has 0 bridgehead atoms. The van der Waals surface area contributed by atoms with Crippen LogP contribution < -0.4 is 15.4 Å². The predicted octanol–water partition coefficient (Wildman–Crippen LogP) is 1.64. The molecule has 2 rings (SSSR count). The molecule has 2 N–H and O–H groups in total. The number of nitrogens with one attached hydrogen (secondary N) is 2. The molecular formula is C15H20N4O2. The van der Waals surface area contributed by atoms with Gasteiger partial charge in [-0.15, -0.1) is 0 Å². The maximum Gasteiger partial charge on any atom is 0.244 e. The first-order valence-corrected chi connectivity index (χ1v) is 6.88. The number of ether oxygens (including phenoxy) is 1. The van der Waals surface area contributed by atoms with Crippen molar-refractivity contribution in [1.82, 2.24) is 14.9 Å². The van der Waals surface area contributed by atoms with Crippen molar-refractivity contribution in [3.05, 3.63) is 42.5 Å². The molecule has 0 aliphatic heterocycles. The van der Waals surface area contributed by atoms with Crippen LogP contribution in [0.1, 0.15) is 12.7 Å². The summed E-state index contributed by atoms with van der Waals surface area (Å²) >= 11 is 0. The van der Waals surface area contributed by atoms with E-state index in [1.807, 2.05) is 35.8 Å². The zero-order valence-electron chi connectivity index (χ0n) is 12.3. The molecular weight excluding hydrogens is 268 g/mol. The van der Waals surface area contributed by atoms with Crippen LogP contribution in [0.25, 0.3) is 0 Å². The zero-order valence-corrected chi connectivity index (χ0v) is 12.3. The van der Waals surface area contributed by atoms with E-state index in [1.54, 1.807) is 19.5 Å². The lowest BCUT2D eigenvalue weighted by Gasteiger charge is -2.11. The van der Waals surface area contributed by atoms with Crippen LogP contribution in [-0.2, 0) is 17.9 Å². The Morgan fingerprint density at radius 2 is 2.19 bits per heavy atom. The average molecular weight is 288 g/mol. The second kappa shape index (κ2) is 7.44. The summed E-state index contributed by atoms with van der Waals surface area (Å²) in [7, 11) is 1.58. The van der Waals surface area contributed by atoms with Crippen molar-refractivity contribution in [2.75, 3.05) is 19.0 Å². The highest BCUT2D eigenvalue weighted by Crippen LogP contribution is 2.22. The van der Waals surface area contributed by atoms with Gasteiger partial charge in [0.15, 0.2) is 0 Å². The number of anilines is 1. The Hall–Kier alpha value is -2.34. The standard InChI is InChI=1S/C15H20N4O2/c1-3-16-10-14-17-8-9-19(14)11-15(20)18-12-6-4-5-7-13(12)21-2/h4-9,16H,3,10-11H2,1-2H3,(H,18,20). The fourth-order valence-corrected chi connectivity index (χ4v) is 1.98. The van der Waals surface area contributed by atoms with Gasteiger partial charge in [-0.2, -0.15) is 0 Å². The third kappa shape index (κ3) is 4.06. The normalized spacial score (nSPS) is 10.4. The molecule has 0 fully saturated rings. The van der Waals surface area contributed by atoms with Gasteiger partial charge in [-0.3, -0.25) is 4.79 Å². The molecule has 6 nitrogen and oxygen atoms in total. The SMILES string of the molecule is CCNCc1nccn1CC(=O)Nc1ccccc1OC. The van der Waals surface area contributed by atoms with E-state index in [4.69, 9.17) is 4.74 Å². The molecule has 1 heterocycles. The minimum Gasteiger partial charge on any atom is -0.495 e. The highest BCUT2D eigenvalue weighted by molar-refractivity contribution is 5.92. The van der Waals surface area contributed by atoms with E-state index in [0.717, 1.165) is 12.4 Å². The van der Waals surface area contributed by atoms with Gasteiger partial charge in [0, 0.05) is 12.4 Å². The van der Waals surface area contributed by atoms with Crippen molar-refractivity contribution in [2.45, 2.75) is 20.0 Å². The van der Waals surface area contributed by atoms with E-state index in [0.29, 0.717) is 18.0 Å². The van der Waals surface area contributed by atoms with Crippen LogP contribution in [0.15, 0.2) is 36.7 Å². The summed E-state index contributed by atoms with van der Waals surface area (Å²) in [4.78, 5) is 16.4. The smallest absolute Gasteiger partial charge is 0.244 e. The molecule has 0 spiro atoms. The molecule has 0 radical (unpaired) electrons. The molecule has 0 unspecified atom stereocenters. The van der Waals surface area contributed by atoms with Gasteiger partial charge in [0.1, 0.15) is 18.1 Å². The first-order valence-electron chi connectivity index (χ1n) is 6.88. The van der Waals surface area contributed by atoms with Crippen LogP contribution in [0, 0.1) is 0 Å². The van der Waals surface area contributed by atoms with E-state index in [-0.39, 0.29) is 12.5 Å². The number of rotatable bonds is 7. The Kier molecular flexibility index (Phi) is 5.34. The molecule has 1 amide bonds. The van der Waals surface area contributed by atoms with Crippen molar-refractivity contribution < 1.29 is 9.53 Å². The molecule has 2 aromatic rings. The number of carbonyl (C=O) groups excluding carboxylic acids is 1. The Balaban J connectivity index is 2.00. The lowest BCUT2D eigenvalue weighted by atomic mass is 10.3. The van der Waals surface area contributed by atoms with Gasteiger partial charge in [0.05, 0.1) is 19.3 Å². The van der Waals surface area contributed by atoms with Gasteiger partial charge in [0.2, 0.25) is 5.91 Å². The lowest BCUT2D eigenvalue weighted by molar-refractivity contribution is -0.116. The third-order valence-electron chi connectivity index (χ3n) is 3.03. The van der Waals surface area contributed by atoms with Gasteiger partial charge in [-0.25, -0.2) is 4.98 Å². The van der Waals surface area contributed by atoms with Gasteiger partial charge in [-0.05, 0) is 18.7 Å². The van der Waals surface area contributed by atoms with E-state index >= 15 is 0 Å². The molecule has 1 aromatic carbocycles. The summed E-state index contributed by atoms with van der Waals surface area (Å²) in [6.07, 6.45) is 3.50. The largest absolute Gasteiger partial charge is 0.495 e. The monoisotopic (exact) mass is 288 g/mol. The molecule has 0 aliphatic carbocycles. The minimum atomic E-state index is -0.116. The van der Waals surface area contributed by atoms with E-state index in [9.17, 15) is 4.79 Å². The Morgan fingerprint density at radius 1 is 1.38 bits per heavy atom. The fourth-order valence-electron chi connectivity index (χ4n) is 1.98. The van der Waals surface area contributed by atoms with Crippen molar-refractivity contribution >= 4 is 11.6 Å². The Morgan fingerprint density at radius 3 is 2.95 bits per heavy atom. The number of methoxy groups -OCH3 is 1. The van der Waals surface area contributed by atoms with Crippen molar-refractivity contribution in [1.29, 1.82) is 0 Å². The Bertz CT molecular complexity index is 595. The van der Waals surface area contributed by atoms with Crippen LogP contribution in [-0.4, -0.2) is 29.1 Å². The van der Waals surface area contributed by atoms with Crippen LogP contribution >= 0.6 is 0 Å². The quantitative estimate of drug-likeness (QED) is 0.812. The number of imidazole rings is 1. The molecule has 6 heteroatoms. The molecule has 0 atom stereocenters. The Labute approximate surface area is 124 Å². The van der Waals surface area contributed by atoms with Crippen LogP contribution in [0.3, 0.4) is 0 Å².